The summed E-state index contributed by atoms with van der Waals surface area (Å²) in [5, 5.41) is 42.1. The van der Waals surface area contributed by atoms with Crippen molar-refractivity contribution >= 4 is 59.4 Å². The predicted molar refractivity (Wildman–Crippen MR) is 168 cm³/mol. The van der Waals surface area contributed by atoms with Crippen LogP contribution in [-0.4, -0.2) is 40.2 Å². The number of benzene rings is 4. The summed E-state index contributed by atoms with van der Waals surface area (Å²) in [6.07, 6.45) is 0. The van der Waals surface area contributed by atoms with E-state index >= 15 is 0 Å². The molecule has 0 aliphatic rings. The third kappa shape index (κ3) is 12.8. The molecule has 244 valence electrons. The maximum Gasteiger partial charge on any atom is 2.00 e. The summed E-state index contributed by atoms with van der Waals surface area (Å²) in [5.74, 6) is 0.513. The maximum absolute atomic E-state index is 12.1. The van der Waals surface area contributed by atoms with E-state index in [0.717, 1.165) is 0 Å². The maximum atomic E-state index is 12.1. The summed E-state index contributed by atoms with van der Waals surface area (Å²) in [7, 11) is 5.79. The van der Waals surface area contributed by atoms with Gasteiger partial charge in [0.15, 0.2) is 9.95 Å². The SMILES string of the molecule is COc1cc(OC)c([N+]#N)cc1N=C([O-])c1ccccc1.COc1cc(OC)c([N+]#N)cc1N=C([O-])c1ccccc1.Cl.Cl.[Cl-].[Cl-].[Zn+2]. The molecule has 0 aromatic heterocycles. The van der Waals surface area contributed by atoms with Crippen LogP contribution in [0.1, 0.15) is 11.1 Å². The van der Waals surface area contributed by atoms with Gasteiger partial charge in [-0.25, -0.2) is 0 Å². The quantitative estimate of drug-likeness (QED) is 0.105. The van der Waals surface area contributed by atoms with Gasteiger partial charge in [-0.1, -0.05) is 60.7 Å². The Morgan fingerprint density at radius 2 is 0.851 bits per heavy atom. The molecule has 0 spiro atoms. The van der Waals surface area contributed by atoms with Crippen LogP contribution in [0.3, 0.4) is 0 Å². The number of halogens is 4. The van der Waals surface area contributed by atoms with E-state index in [1.54, 1.807) is 48.5 Å². The number of aliphatic imine (C=N–C) groups is 2. The van der Waals surface area contributed by atoms with Gasteiger partial charge in [-0.15, -0.1) is 24.8 Å². The van der Waals surface area contributed by atoms with Crippen LogP contribution in [0.15, 0.2) is 94.9 Å². The van der Waals surface area contributed by atoms with Crippen molar-refractivity contribution in [2.75, 3.05) is 28.4 Å². The average Bonchev–Trinajstić information content (AvgIpc) is 3.05. The first-order chi connectivity index (χ1) is 20.4. The Kier molecular flexibility index (Phi) is 23.9. The fourth-order valence-corrected chi connectivity index (χ4v) is 3.57. The van der Waals surface area contributed by atoms with Gasteiger partial charge in [0.2, 0.25) is 22.3 Å². The van der Waals surface area contributed by atoms with Crippen molar-refractivity contribution in [3.05, 3.63) is 106 Å². The van der Waals surface area contributed by atoms with Crippen molar-refractivity contribution in [2.24, 2.45) is 9.98 Å². The Morgan fingerprint density at radius 3 is 1.11 bits per heavy atom. The van der Waals surface area contributed by atoms with Crippen molar-refractivity contribution in [1.29, 1.82) is 10.8 Å². The van der Waals surface area contributed by atoms with E-state index in [9.17, 15) is 10.2 Å². The van der Waals surface area contributed by atoms with Gasteiger partial charge in [-0.3, -0.25) is 9.98 Å². The molecule has 0 amide bonds. The molecule has 0 heterocycles. The molecule has 0 unspecified atom stereocenters. The first-order valence-electron chi connectivity index (χ1n) is 12.2. The summed E-state index contributed by atoms with van der Waals surface area (Å²) in [6, 6.07) is 23.1. The molecular weight excluding hydrogens is 748 g/mol. The minimum absolute atomic E-state index is 0. The van der Waals surface area contributed by atoms with Crippen molar-refractivity contribution in [3.63, 3.8) is 0 Å². The molecule has 0 aliphatic carbocycles. The molecule has 0 fully saturated rings. The van der Waals surface area contributed by atoms with Crippen LogP contribution < -0.4 is 54.0 Å². The van der Waals surface area contributed by atoms with E-state index in [-0.39, 0.29) is 91.9 Å². The Balaban J connectivity index is -0.000000745. The van der Waals surface area contributed by atoms with Crippen molar-refractivity contribution in [1.82, 2.24) is 0 Å². The topological polar surface area (TPSA) is 164 Å². The molecule has 0 radical (unpaired) electrons. The molecule has 0 bridgehead atoms. The van der Waals surface area contributed by atoms with E-state index in [1.165, 1.54) is 52.7 Å². The molecule has 0 atom stereocenters. The van der Waals surface area contributed by atoms with Crippen LogP contribution in [0, 0.1) is 10.8 Å². The third-order valence-electron chi connectivity index (χ3n) is 5.66. The van der Waals surface area contributed by atoms with E-state index in [1.807, 2.05) is 12.1 Å². The van der Waals surface area contributed by atoms with Gasteiger partial charge < -0.3 is 54.0 Å². The van der Waals surface area contributed by atoms with Crippen LogP contribution in [0.5, 0.6) is 23.0 Å². The number of diazo groups is 2. The summed E-state index contributed by atoms with van der Waals surface area (Å²) < 4.78 is 20.5. The molecule has 0 saturated heterocycles. The second kappa shape index (κ2) is 23.9. The van der Waals surface area contributed by atoms with Crippen LogP contribution >= 0.6 is 24.8 Å². The molecule has 4 aromatic carbocycles. The number of ether oxygens (including phenoxy) is 4. The number of methoxy groups -OCH3 is 4. The normalized spacial score (nSPS) is 9.66. The van der Waals surface area contributed by atoms with E-state index in [4.69, 9.17) is 29.7 Å². The number of hydrogen-bond acceptors (Lipinski definition) is 10. The summed E-state index contributed by atoms with van der Waals surface area (Å²) >= 11 is 0. The zero-order valence-electron chi connectivity index (χ0n) is 25.5. The largest absolute Gasteiger partial charge is 2.00 e. The van der Waals surface area contributed by atoms with Crippen molar-refractivity contribution in [2.45, 2.75) is 0 Å². The van der Waals surface area contributed by atoms with Gasteiger partial charge >= 0.3 is 30.9 Å². The van der Waals surface area contributed by atoms with Gasteiger partial charge in [-0.05, 0) is 22.9 Å². The third-order valence-corrected chi connectivity index (χ3v) is 5.66. The van der Waals surface area contributed by atoms with Gasteiger partial charge in [-0.2, -0.15) is 0 Å². The molecule has 0 saturated carbocycles. The zero-order valence-corrected chi connectivity index (χ0v) is 31.6. The summed E-state index contributed by atoms with van der Waals surface area (Å²) in [6.45, 7) is 0. The zero-order chi connectivity index (χ0) is 30.5. The van der Waals surface area contributed by atoms with E-state index in [2.05, 4.69) is 19.9 Å². The molecule has 0 aliphatic heterocycles. The van der Waals surface area contributed by atoms with Crippen LogP contribution in [0.4, 0.5) is 22.7 Å². The Hall–Kier alpha value is -4.36. The Morgan fingerprint density at radius 1 is 0.553 bits per heavy atom. The molecular formula is C30H28Cl4N6O6Zn. The fraction of sp³-hybridized carbons (Fsp3) is 0.133. The van der Waals surface area contributed by atoms with Crippen molar-refractivity contribution < 1.29 is 73.5 Å². The van der Waals surface area contributed by atoms with Crippen LogP contribution in [0.25, 0.3) is 9.95 Å². The molecule has 12 nitrogen and oxygen atoms in total. The van der Waals surface area contributed by atoms with Gasteiger partial charge in [0.25, 0.3) is 0 Å². The Labute approximate surface area is 309 Å². The van der Waals surface area contributed by atoms with Gasteiger partial charge in [0.05, 0.1) is 40.6 Å². The second-order valence-electron chi connectivity index (χ2n) is 8.16. The predicted octanol–water partition coefficient (Wildman–Crippen LogP) is 0.103. The first-order valence-corrected chi connectivity index (χ1v) is 12.2. The standard InChI is InChI=1S/2C15H13N3O3.4ClH.Zn/c2*1-20-13-9-14(21-2)12(18-16)8-11(13)17-15(19)10-6-4-3-5-7-10;;;;;/h2*3-9H,1-2H3;4*1H;/q;;;;;;+2/p-2. The Bertz CT molecular complexity index is 1560. The molecule has 4 aromatic rings. The smallest absolute Gasteiger partial charge is 1.00 e. The number of rotatable bonds is 8. The number of nitrogens with zero attached hydrogens (tertiary/aromatic N) is 6. The average molecular weight is 776 g/mol. The van der Waals surface area contributed by atoms with Gasteiger partial charge in [0.1, 0.15) is 22.9 Å². The van der Waals surface area contributed by atoms with Crippen LogP contribution in [0.2, 0.25) is 0 Å². The van der Waals surface area contributed by atoms with Gasteiger partial charge in [0, 0.05) is 12.1 Å². The van der Waals surface area contributed by atoms with Crippen LogP contribution in [-0.2, 0) is 19.5 Å². The monoisotopic (exact) mass is 772 g/mol. The minimum Gasteiger partial charge on any atom is -1.00 e. The fourth-order valence-electron chi connectivity index (χ4n) is 3.57. The first kappa shape index (κ1) is 47.1. The molecule has 4 rings (SSSR count). The number of hydrogen-bond donors (Lipinski definition) is 0. The summed E-state index contributed by atoms with van der Waals surface area (Å²) in [4.78, 5) is 14.2. The second-order valence-corrected chi connectivity index (χ2v) is 8.16. The van der Waals surface area contributed by atoms with E-state index in [0.29, 0.717) is 34.1 Å². The molecule has 47 heavy (non-hydrogen) atoms. The minimum atomic E-state index is -0.414. The van der Waals surface area contributed by atoms with Crippen molar-refractivity contribution in [3.8, 4) is 23.0 Å². The molecule has 0 N–H and O–H groups in total. The summed E-state index contributed by atoms with van der Waals surface area (Å²) in [5.41, 5.74) is 1.77. The molecule has 17 heteroatoms. The van der Waals surface area contributed by atoms with E-state index < -0.39 is 11.8 Å².